The summed E-state index contributed by atoms with van der Waals surface area (Å²) < 4.78 is 9.58. The van der Waals surface area contributed by atoms with Gasteiger partial charge in [-0.2, -0.15) is 0 Å². The average molecular weight is 301 g/mol. The van der Waals surface area contributed by atoms with E-state index in [0.717, 1.165) is 0 Å². The molecule has 1 aromatic carbocycles. The van der Waals surface area contributed by atoms with Crippen molar-refractivity contribution < 1.29 is 29.0 Å². The standard InChI is InChI=1S/C14H14O6.Na/c1-9(2)13(17)19-7-8-20-14(18)11-6-4-3-5-10(11)12(15)16;/h3-6H,1,7-8H2,2H3,(H,15,16);. The zero-order valence-corrected chi connectivity index (χ0v) is 13.9. The molecule has 1 radical (unpaired) electrons. The molecule has 0 saturated carbocycles. The third-order valence-corrected chi connectivity index (χ3v) is 2.28. The first kappa shape index (κ1) is 19.4. The van der Waals surface area contributed by atoms with Crippen LogP contribution in [0, 0.1) is 0 Å². The van der Waals surface area contributed by atoms with Gasteiger partial charge in [-0.05, 0) is 19.1 Å². The molecule has 0 saturated heterocycles. The van der Waals surface area contributed by atoms with E-state index in [9.17, 15) is 14.4 Å². The van der Waals surface area contributed by atoms with Gasteiger partial charge >= 0.3 is 17.9 Å². The van der Waals surface area contributed by atoms with Crippen molar-refractivity contribution in [2.75, 3.05) is 13.2 Å². The van der Waals surface area contributed by atoms with Gasteiger partial charge in [-0.25, -0.2) is 14.4 Å². The van der Waals surface area contributed by atoms with E-state index in [2.05, 4.69) is 6.58 Å². The number of hydrogen-bond donors (Lipinski definition) is 1. The number of carbonyl (C=O) groups excluding carboxylic acids is 2. The molecule has 1 rings (SSSR count). The Morgan fingerprint density at radius 3 is 2.14 bits per heavy atom. The van der Waals surface area contributed by atoms with Crippen LogP contribution in [0.5, 0.6) is 0 Å². The number of rotatable bonds is 6. The second-order valence-corrected chi connectivity index (χ2v) is 3.90. The largest absolute Gasteiger partial charge is 0.478 e. The summed E-state index contributed by atoms with van der Waals surface area (Å²) in [6.45, 7) is 4.62. The summed E-state index contributed by atoms with van der Waals surface area (Å²) in [5, 5.41) is 8.93. The molecule has 0 atom stereocenters. The van der Waals surface area contributed by atoms with Crippen molar-refractivity contribution in [2.24, 2.45) is 0 Å². The molecule has 0 heterocycles. The van der Waals surface area contributed by atoms with Crippen LogP contribution in [0.15, 0.2) is 36.4 Å². The normalized spacial score (nSPS) is 9.19. The molecular formula is C14H14NaO6. The van der Waals surface area contributed by atoms with Crippen LogP contribution in [0.1, 0.15) is 27.6 Å². The van der Waals surface area contributed by atoms with Gasteiger partial charge in [0.1, 0.15) is 13.2 Å². The summed E-state index contributed by atoms with van der Waals surface area (Å²) in [6.07, 6.45) is 0. The van der Waals surface area contributed by atoms with E-state index >= 15 is 0 Å². The van der Waals surface area contributed by atoms with E-state index in [1.807, 2.05) is 0 Å². The number of ether oxygens (including phenoxy) is 2. The van der Waals surface area contributed by atoms with E-state index in [1.54, 1.807) is 0 Å². The molecule has 0 fully saturated rings. The van der Waals surface area contributed by atoms with Crippen molar-refractivity contribution in [2.45, 2.75) is 6.92 Å². The fraction of sp³-hybridized carbons (Fsp3) is 0.214. The fourth-order valence-electron chi connectivity index (χ4n) is 1.32. The molecular weight excluding hydrogens is 287 g/mol. The molecule has 0 amide bonds. The van der Waals surface area contributed by atoms with Gasteiger partial charge in [0.25, 0.3) is 0 Å². The molecule has 21 heavy (non-hydrogen) atoms. The minimum Gasteiger partial charge on any atom is -0.478 e. The monoisotopic (exact) mass is 301 g/mol. The molecule has 0 aliphatic carbocycles. The maximum atomic E-state index is 11.7. The van der Waals surface area contributed by atoms with Crippen LogP contribution >= 0.6 is 0 Å². The number of benzene rings is 1. The van der Waals surface area contributed by atoms with Gasteiger partial charge in [0.15, 0.2) is 0 Å². The van der Waals surface area contributed by atoms with Crippen molar-refractivity contribution in [3.8, 4) is 0 Å². The van der Waals surface area contributed by atoms with Crippen LogP contribution in [-0.2, 0) is 14.3 Å². The van der Waals surface area contributed by atoms with Crippen LogP contribution in [-0.4, -0.2) is 65.8 Å². The smallest absolute Gasteiger partial charge is 0.339 e. The predicted octanol–water partition coefficient (Wildman–Crippen LogP) is 1.28. The quantitative estimate of drug-likeness (QED) is 0.368. The van der Waals surface area contributed by atoms with Crippen LogP contribution < -0.4 is 0 Å². The number of hydrogen-bond acceptors (Lipinski definition) is 5. The van der Waals surface area contributed by atoms with Gasteiger partial charge < -0.3 is 14.6 Å². The zero-order chi connectivity index (χ0) is 15.1. The Bertz CT molecular complexity index is 552. The SMILES string of the molecule is C=C(C)C(=O)OCCOC(=O)c1ccccc1C(=O)O.[Na]. The first-order chi connectivity index (χ1) is 9.43. The van der Waals surface area contributed by atoms with Crippen molar-refractivity contribution in [1.29, 1.82) is 0 Å². The minimum absolute atomic E-state index is 0. The molecule has 6 nitrogen and oxygen atoms in total. The predicted molar refractivity (Wildman–Crippen MR) is 75.2 cm³/mol. The Labute approximate surface area is 144 Å². The fourth-order valence-corrected chi connectivity index (χ4v) is 1.32. The third-order valence-electron chi connectivity index (χ3n) is 2.28. The van der Waals surface area contributed by atoms with E-state index < -0.39 is 17.9 Å². The van der Waals surface area contributed by atoms with E-state index in [0.29, 0.717) is 0 Å². The minimum atomic E-state index is -1.22. The number of aromatic carboxylic acids is 1. The van der Waals surface area contributed by atoms with Gasteiger partial charge in [-0.1, -0.05) is 18.7 Å². The molecule has 0 aromatic heterocycles. The summed E-state index contributed by atoms with van der Waals surface area (Å²) >= 11 is 0. The summed E-state index contributed by atoms with van der Waals surface area (Å²) in [7, 11) is 0. The molecule has 0 bridgehead atoms. The Morgan fingerprint density at radius 2 is 1.62 bits per heavy atom. The Hall–Kier alpha value is -1.63. The number of carboxylic acid groups (broad SMARTS) is 1. The first-order valence-electron chi connectivity index (χ1n) is 5.75. The molecule has 7 heteroatoms. The number of esters is 2. The second kappa shape index (κ2) is 9.33. The first-order valence-corrected chi connectivity index (χ1v) is 5.75. The van der Waals surface area contributed by atoms with E-state index in [-0.39, 0.29) is 59.5 Å². The molecule has 1 aromatic rings. The van der Waals surface area contributed by atoms with Crippen molar-refractivity contribution >= 4 is 47.5 Å². The topological polar surface area (TPSA) is 89.9 Å². The molecule has 0 aliphatic rings. The maximum absolute atomic E-state index is 11.7. The molecule has 1 N–H and O–H groups in total. The molecule has 107 valence electrons. The van der Waals surface area contributed by atoms with Gasteiger partial charge in [0.2, 0.25) is 0 Å². The summed E-state index contributed by atoms with van der Waals surface area (Å²) in [5.74, 6) is -2.58. The van der Waals surface area contributed by atoms with Gasteiger partial charge in [-0.3, -0.25) is 0 Å². The second-order valence-electron chi connectivity index (χ2n) is 3.90. The van der Waals surface area contributed by atoms with Crippen molar-refractivity contribution in [3.63, 3.8) is 0 Å². The average Bonchev–Trinajstić information content (AvgIpc) is 2.42. The van der Waals surface area contributed by atoms with Crippen LogP contribution in [0.25, 0.3) is 0 Å². The summed E-state index contributed by atoms with van der Waals surface area (Å²) in [5.41, 5.74) is 0.0511. The summed E-state index contributed by atoms with van der Waals surface area (Å²) in [4.78, 5) is 33.7. The van der Waals surface area contributed by atoms with Crippen LogP contribution in [0.3, 0.4) is 0 Å². The van der Waals surface area contributed by atoms with Crippen LogP contribution in [0.4, 0.5) is 0 Å². The van der Waals surface area contributed by atoms with E-state index in [1.165, 1.54) is 31.2 Å². The molecule has 0 unspecified atom stereocenters. The van der Waals surface area contributed by atoms with Gasteiger partial charge in [-0.15, -0.1) is 0 Å². The number of carbonyl (C=O) groups is 3. The molecule has 0 spiro atoms. The van der Waals surface area contributed by atoms with Crippen molar-refractivity contribution in [1.82, 2.24) is 0 Å². The number of carboxylic acids is 1. The van der Waals surface area contributed by atoms with Crippen LogP contribution in [0.2, 0.25) is 0 Å². The maximum Gasteiger partial charge on any atom is 0.339 e. The van der Waals surface area contributed by atoms with Gasteiger partial charge in [0, 0.05) is 35.1 Å². The third kappa shape index (κ3) is 6.12. The Morgan fingerprint density at radius 1 is 1.10 bits per heavy atom. The van der Waals surface area contributed by atoms with E-state index in [4.69, 9.17) is 14.6 Å². The zero-order valence-electron chi connectivity index (χ0n) is 11.9. The Kier molecular flexibility index (Phi) is 8.61. The summed E-state index contributed by atoms with van der Waals surface area (Å²) in [6, 6.07) is 5.70. The molecule has 0 aliphatic heterocycles. The van der Waals surface area contributed by atoms with Crippen molar-refractivity contribution in [3.05, 3.63) is 47.5 Å². The van der Waals surface area contributed by atoms with Gasteiger partial charge in [0.05, 0.1) is 11.1 Å². The Balaban J connectivity index is 0.00000400.